The summed E-state index contributed by atoms with van der Waals surface area (Å²) in [6.07, 6.45) is 1.85. The van der Waals surface area contributed by atoms with Gasteiger partial charge >= 0.3 is 21.1 Å². The molecular weight excluding hydrogens is 710 g/mol. The number of pyridine rings is 2. The fourth-order valence-corrected chi connectivity index (χ4v) is 5.54. The van der Waals surface area contributed by atoms with Gasteiger partial charge in [-0.15, -0.1) is 11.0 Å². The number of fused-ring (bicyclic) bond motifs is 4. The van der Waals surface area contributed by atoms with Gasteiger partial charge in [0.1, 0.15) is 0 Å². The maximum absolute atomic E-state index is 5.34. The minimum Gasteiger partial charge on any atom is -0.656 e. The summed E-state index contributed by atoms with van der Waals surface area (Å²) in [6.45, 7) is 13.5. The topological polar surface area (TPSA) is 66.9 Å². The van der Waals surface area contributed by atoms with Crippen LogP contribution in [0.2, 0.25) is 0 Å². The first-order chi connectivity index (χ1) is 20.1. The largest absolute Gasteiger partial charge is 2.00 e. The van der Waals surface area contributed by atoms with Crippen LogP contribution in [0.25, 0.3) is 66.9 Å². The van der Waals surface area contributed by atoms with E-state index in [2.05, 4.69) is 77.9 Å². The van der Waals surface area contributed by atoms with Crippen molar-refractivity contribution in [1.82, 2.24) is 24.9 Å². The molecule has 3 aromatic carbocycles. The Balaban J connectivity index is 0.00000329. The van der Waals surface area contributed by atoms with Crippen LogP contribution >= 0.6 is 0 Å². The van der Waals surface area contributed by atoms with E-state index in [9.17, 15) is 0 Å². The van der Waals surface area contributed by atoms with Gasteiger partial charge in [0.2, 0.25) is 0 Å². The van der Waals surface area contributed by atoms with E-state index in [4.69, 9.17) is 24.9 Å². The third kappa shape index (κ3) is 5.21. The Labute approximate surface area is 266 Å². The molecule has 7 rings (SSSR count). The SMILES string of the molecule is CC(C)(C)c1cc(-c2ccccn2)c2[n-]c3c(-c4cccc(-c5nc6ccccc6[n-]5)n4)cc(C(C)(C)C)cc3c2c1.[Pt+2]. The number of para-hydroxylation sites is 2. The molecule has 216 valence electrons. The van der Waals surface area contributed by atoms with Crippen molar-refractivity contribution >= 4 is 32.8 Å². The van der Waals surface area contributed by atoms with Gasteiger partial charge in [-0.25, -0.2) is 4.98 Å². The van der Waals surface area contributed by atoms with Crippen LogP contribution in [0.1, 0.15) is 52.7 Å². The van der Waals surface area contributed by atoms with Gasteiger partial charge in [-0.2, -0.15) is 0 Å². The Hall–Kier alpha value is -4.08. The quantitative estimate of drug-likeness (QED) is 0.181. The standard InChI is InChI=1S/C37H33N5.Pt/c1-36(2,3)22-18-24-25-19-23(37(4,5)6)21-27(34(25)42-33(24)26(20-22)28-12-9-10-17-38-28)29-15-11-16-32(39-29)35-40-30-13-7-8-14-31(30)41-35;/h7-21H,1-6H3;/q-2;+2. The summed E-state index contributed by atoms with van der Waals surface area (Å²) in [5, 5.41) is 2.28. The van der Waals surface area contributed by atoms with Crippen LogP contribution in [-0.4, -0.2) is 15.0 Å². The first kappa shape index (κ1) is 29.0. The van der Waals surface area contributed by atoms with Crippen molar-refractivity contribution in [2.45, 2.75) is 52.4 Å². The Morgan fingerprint density at radius 2 is 1.14 bits per heavy atom. The van der Waals surface area contributed by atoms with Crippen LogP contribution in [0.15, 0.2) is 91.1 Å². The Kier molecular flexibility index (Phi) is 7.13. The third-order valence-corrected chi connectivity index (χ3v) is 8.00. The van der Waals surface area contributed by atoms with Crippen molar-refractivity contribution in [2.24, 2.45) is 0 Å². The van der Waals surface area contributed by atoms with E-state index in [1.165, 1.54) is 11.1 Å². The predicted octanol–water partition coefficient (Wildman–Crippen LogP) is 8.84. The monoisotopic (exact) mass is 742 g/mol. The number of hydrogen-bond acceptors (Lipinski definition) is 3. The third-order valence-electron chi connectivity index (χ3n) is 8.00. The van der Waals surface area contributed by atoms with Crippen LogP contribution in [0, 0.1) is 0 Å². The van der Waals surface area contributed by atoms with Gasteiger partial charge in [0.05, 0.1) is 17.1 Å². The molecule has 0 aliphatic carbocycles. The summed E-state index contributed by atoms with van der Waals surface area (Å²) in [7, 11) is 0. The molecule has 0 atom stereocenters. The van der Waals surface area contributed by atoms with Crippen molar-refractivity contribution in [1.29, 1.82) is 0 Å². The molecule has 0 spiro atoms. The van der Waals surface area contributed by atoms with Gasteiger partial charge < -0.3 is 15.0 Å². The maximum Gasteiger partial charge on any atom is 2.00 e. The molecule has 0 saturated carbocycles. The molecular formula is C37H33N5Pt. The summed E-state index contributed by atoms with van der Waals surface area (Å²) >= 11 is 0. The van der Waals surface area contributed by atoms with Crippen LogP contribution in [0.4, 0.5) is 0 Å². The average molecular weight is 743 g/mol. The second kappa shape index (κ2) is 10.6. The van der Waals surface area contributed by atoms with Crippen molar-refractivity contribution in [2.75, 3.05) is 0 Å². The molecule has 0 N–H and O–H groups in total. The first-order valence-corrected chi connectivity index (χ1v) is 14.4. The predicted molar refractivity (Wildman–Crippen MR) is 173 cm³/mol. The van der Waals surface area contributed by atoms with E-state index in [-0.39, 0.29) is 31.9 Å². The van der Waals surface area contributed by atoms with Crippen molar-refractivity contribution in [3.05, 3.63) is 102 Å². The average Bonchev–Trinajstić information content (AvgIpc) is 3.58. The summed E-state index contributed by atoms with van der Waals surface area (Å²) < 4.78 is 0. The minimum absolute atomic E-state index is 0. The molecule has 0 aliphatic rings. The van der Waals surface area contributed by atoms with Crippen LogP contribution < -0.4 is 9.97 Å². The number of benzene rings is 3. The van der Waals surface area contributed by atoms with E-state index >= 15 is 0 Å². The van der Waals surface area contributed by atoms with E-state index in [0.29, 0.717) is 5.82 Å². The second-order valence-corrected chi connectivity index (χ2v) is 13.1. The zero-order chi connectivity index (χ0) is 29.2. The summed E-state index contributed by atoms with van der Waals surface area (Å²) in [5.41, 5.74) is 10.6. The number of hydrogen-bond donors (Lipinski definition) is 0. The Morgan fingerprint density at radius 3 is 1.74 bits per heavy atom. The van der Waals surface area contributed by atoms with Crippen molar-refractivity contribution in [3.8, 4) is 34.0 Å². The molecule has 0 saturated heterocycles. The summed E-state index contributed by atoms with van der Waals surface area (Å²) in [4.78, 5) is 24.7. The van der Waals surface area contributed by atoms with Gasteiger partial charge in [-0.1, -0.05) is 102 Å². The Morgan fingerprint density at radius 1 is 0.558 bits per heavy atom. The van der Waals surface area contributed by atoms with E-state index in [1.54, 1.807) is 0 Å². The van der Waals surface area contributed by atoms with Crippen molar-refractivity contribution < 1.29 is 21.1 Å². The van der Waals surface area contributed by atoms with Gasteiger partial charge in [0.25, 0.3) is 0 Å². The number of imidazole rings is 1. The smallest absolute Gasteiger partial charge is 0.656 e. The summed E-state index contributed by atoms with van der Waals surface area (Å²) in [6, 6.07) is 29.2. The molecule has 0 bridgehead atoms. The molecule has 7 aromatic rings. The van der Waals surface area contributed by atoms with Gasteiger partial charge in [-0.05, 0) is 85.0 Å². The van der Waals surface area contributed by atoms with E-state index < -0.39 is 0 Å². The van der Waals surface area contributed by atoms with Gasteiger partial charge in [0.15, 0.2) is 0 Å². The zero-order valence-electron chi connectivity index (χ0n) is 25.2. The van der Waals surface area contributed by atoms with E-state index in [0.717, 1.165) is 61.0 Å². The fourth-order valence-electron chi connectivity index (χ4n) is 5.54. The van der Waals surface area contributed by atoms with Gasteiger partial charge in [-0.3, -0.25) is 4.98 Å². The molecule has 43 heavy (non-hydrogen) atoms. The molecule has 5 nitrogen and oxygen atoms in total. The maximum atomic E-state index is 5.34. The molecule has 4 heterocycles. The van der Waals surface area contributed by atoms with Crippen LogP contribution in [0.5, 0.6) is 0 Å². The molecule has 4 aromatic heterocycles. The van der Waals surface area contributed by atoms with E-state index in [1.807, 2.05) is 54.7 Å². The van der Waals surface area contributed by atoms with Crippen molar-refractivity contribution in [3.63, 3.8) is 0 Å². The van der Waals surface area contributed by atoms with Crippen LogP contribution in [0.3, 0.4) is 0 Å². The Bertz CT molecular complexity index is 2070. The number of aromatic nitrogens is 5. The molecule has 0 unspecified atom stereocenters. The fraction of sp³-hybridized carbons (Fsp3) is 0.216. The molecule has 0 amide bonds. The number of rotatable bonds is 3. The van der Waals surface area contributed by atoms with Crippen LogP contribution in [-0.2, 0) is 31.9 Å². The number of nitrogens with zero attached hydrogens (tertiary/aromatic N) is 5. The first-order valence-electron chi connectivity index (χ1n) is 14.4. The normalized spacial score (nSPS) is 12.2. The molecule has 0 radical (unpaired) electrons. The minimum atomic E-state index is -0.0674. The van der Waals surface area contributed by atoms with Gasteiger partial charge in [0, 0.05) is 6.20 Å². The molecule has 6 heteroatoms. The zero-order valence-corrected chi connectivity index (χ0v) is 27.5. The second-order valence-electron chi connectivity index (χ2n) is 13.1. The molecule has 0 fully saturated rings. The summed E-state index contributed by atoms with van der Waals surface area (Å²) in [5.74, 6) is 0.633. The molecule has 0 aliphatic heterocycles.